The zero-order chi connectivity index (χ0) is 22.6. The summed E-state index contributed by atoms with van der Waals surface area (Å²) in [5, 5.41) is 18.8. The van der Waals surface area contributed by atoms with E-state index < -0.39 is 0 Å². The van der Waals surface area contributed by atoms with Gasteiger partial charge in [-0.25, -0.2) is 4.79 Å². The molecule has 5 aromatic rings. The Kier molecular flexibility index (Phi) is 5.34. The number of urea groups is 1. The average molecular weight is 437 g/mol. The Morgan fingerprint density at radius 2 is 1.64 bits per heavy atom. The normalized spacial score (nSPS) is 10.7. The lowest BCUT2D eigenvalue weighted by atomic mass is 10.1. The second kappa shape index (κ2) is 8.75. The lowest BCUT2D eigenvalue weighted by molar-refractivity contribution is 0.262. The van der Waals surface area contributed by atoms with Gasteiger partial charge in [-0.2, -0.15) is 9.61 Å². The number of hydrogen-bond acceptors (Lipinski definition) is 6. The molecule has 0 unspecified atom stereocenters. The molecule has 0 atom stereocenters. The van der Waals surface area contributed by atoms with E-state index in [1.807, 2.05) is 48.5 Å². The van der Waals surface area contributed by atoms with Crippen LogP contribution in [-0.4, -0.2) is 37.9 Å². The summed E-state index contributed by atoms with van der Waals surface area (Å²) in [6, 6.07) is 21.7. The summed E-state index contributed by atoms with van der Waals surface area (Å²) in [5.74, 6) is 1.35. The summed E-state index contributed by atoms with van der Waals surface area (Å²) in [7, 11) is 1.60. The predicted molar refractivity (Wildman–Crippen MR) is 125 cm³/mol. The number of fused-ring (bicyclic) bond motifs is 1. The Morgan fingerprint density at radius 3 is 2.42 bits per heavy atom. The van der Waals surface area contributed by atoms with E-state index >= 15 is 0 Å². The standard InChI is InChI=1S/C24H19N7O2/c1-33-20-7-5-18(6-8-20)26-24(32)27-19-4-2-3-17(15-19)21-9-10-22-28-29-23(31(22)30-21)16-11-13-25-14-12-16/h2-15H,1H3,(H2,26,27,32). The van der Waals surface area contributed by atoms with Crippen LogP contribution in [0, 0.1) is 0 Å². The Morgan fingerprint density at radius 1 is 0.848 bits per heavy atom. The van der Waals surface area contributed by atoms with E-state index in [4.69, 9.17) is 9.84 Å². The van der Waals surface area contributed by atoms with Gasteiger partial charge in [-0.1, -0.05) is 12.1 Å². The van der Waals surface area contributed by atoms with Crippen LogP contribution >= 0.6 is 0 Å². The van der Waals surface area contributed by atoms with Crippen LogP contribution in [0.15, 0.2) is 85.2 Å². The number of anilines is 2. The van der Waals surface area contributed by atoms with Gasteiger partial charge in [-0.3, -0.25) is 4.98 Å². The molecule has 2 amide bonds. The zero-order valence-electron chi connectivity index (χ0n) is 17.6. The van der Waals surface area contributed by atoms with E-state index in [2.05, 4.69) is 25.8 Å². The lowest BCUT2D eigenvalue weighted by Gasteiger charge is -2.10. The van der Waals surface area contributed by atoms with Crippen molar-refractivity contribution < 1.29 is 9.53 Å². The van der Waals surface area contributed by atoms with Crippen LogP contribution in [0.3, 0.4) is 0 Å². The summed E-state index contributed by atoms with van der Waals surface area (Å²) >= 11 is 0. The van der Waals surface area contributed by atoms with Gasteiger partial charge in [0.2, 0.25) is 0 Å². The molecule has 0 radical (unpaired) electrons. The molecule has 0 saturated carbocycles. The number of rotatable bonds is 5. The van der Waals surface area contributed by atoms with Crippen LogP contribution in [0.2, 0.25) is 0 Å². The fraction of sp³-hybridized carbons (Fsp3) is 0.0417. The minimum absolute atomic E-state index is 0.348. The van der Waals surface area contributed by atoms with E-state index in [0.29, 0.717) is 22.8 Å². The average Bonchev–Trinajstić information content (AvgIpc) is 3.28. The molecule has 2 aromatic carbocycles. The molecule has 9 nitrogen and oxygen atoms in total. The SMILES string of the molecule is COc1ccc(NC(=O)Nc2cccc(-c3ccc4nnc(-c5ccncc5)n4n3)c2)cc1. The van der Waals surface area contributed by atoms with E-state index in [1.54, 1.807) is 48.3 Å². The number of carbonyl (C=O) groups excluding carboxylic acids is 1. The van der Waals surface area contributed by atoms with Crippen LogP contribution in [0.4, 0.5) is 16.2 Å². The van der Waals surface area contributed by atoms with Gasteiger partial charge in [0.15, 0.2) is 11.5 Å². The number of ether oxygens (including phenoxy) is 1. The number of hydrogen-bond donors (Lipinski definition) is 2. The van der Waals surface area contributed by atoms with Crippen molar-refractivity contribution in [2.75, 3.05) is 17.7 Å². The summed E-state index contributed by atoms with van der Waals surface area (Å²) in [5.41, 5.74) is 4.36. The van der Waals surface area contributed by atoms with Crippen molar-refractivity contribution in [1.82, 2.24) is 24.8 Å². The summed E-state index contributed by atoms with van der Waals surface area (Å²) in [6.45, 7) is 0. The van der Waals surface area contributed by atoms with E-state index in [1.165, 1.54) is 0 Å². The van der Waals surface area contributed by atoms with Crippen LogP contribution in [-0.2, 0) is 0 Å². The smallest absolute Gasteiger partial charge is 0.323 e. The molecule has 5 rings (SSSR count). The molecule has 33 heavy (non-hydrogen) atoms. The van der Waals surface area contributed by atoms with Crippen LogP contribution in [0.1, 0.15) is 0 Å². The first kappa shape index (κ1) is 20.1. The molecule has 0 spiro atoms. The van der Waals surface area contributed by atoms with Crippen molar-refractivity contribution in [3.05, 3.63) is 85.2 Å². The van der Waals surface area contributed by atoms with Crippen molar-refractivity contribution >= 4 is 23.1 Å². The number of amides is 2. The molecule has 0 aliphatic carbocycles. The largest absolute Gasteiger partial charge is 0.497 e. The molecule has 3 heterocycles. The van der Waals surface area contributed by atoms with Gasteiger partial charge in [0, 0.05) is 34.9 Å². The highest BCUT2D eigenvalue weighted by molar-refractivity contribution is 6.00. The maximum Gasteiger partial charge on any atom is 0.323 e. The van der Waals surface area contributed by atoms with Gasteiger partial charge in [0.25, 0.3) is 0 Å². The molecule has 0 aliphatic heterocycles. The number of benzene rings is 2. The third-order valence-electron chi connectivity index (χ3n) is 4.97. The topological polar surface area (TPSA) is 106 Å². The van der Waals surface area contributed by atoms with Gasteiger partial charge >= 0.3 is 6.03 Å². The molecule has 0 saturated heterocycles. The molecule has 2 N–H and O–H groups in total. The van der Waals surface area contributed by atoms with Gasteiger partial charge in [-0.05, 0) is 60.7 Å². The Hall–Kier alpha value is -4.79. The molecule has 0 bridgehead atoms. The first-order chi connectivity index (χ1) is 16.2. The number of carbonyl (C=O) groups is 1. The maximum atomic E-state index is 12.4. The predicted octanol–water partition coefficient (Wildman–Crippen LogP) is 4.51. The molecule has 0 fully saturated rings. The fourth-order valence-corrected chi connectivity index (χ4v) is 3.35. The zero-order valence-corrected chi connectivity index (χ0v) is 17.6. The van der Waals surface area contributed by atoms with Gasteiger partial charge in [0.05, 0.1) is 12.8 Å². The number of nitrogens with one attached hydrogen (secondary N) is 2. The first-order valence-electron chi connectivity index (χ1n) is 10.1. The van der Waals surface area contributed by atoms with Gasteiger partial charge < -0.3 is 15.4 Å². The monoisotopic (exact) mass is 437 g/mol. The second-order valence-corrected chi connectivity index (χ2v) is 7.14. The van der Waals surface area contributed by atoms with Crippen LogP contribution in [0.5, 0.6) is 5.75 Å². The second-order valence-electron chi connectivity index (χ2n) is 7.14. The quantitative estimate of drug-likeness (QED) is 0.419. The molecule has 3 aromatic heterocycles. The minimum Gasteiger partial charge on any atom is -0.497 e. The molecule has 9 heteroatoms. The van der Waals surface area contributed by atoms with E-state index in [-0.39, 0.29) is 6.03 Å². The third kappa shape index (κ3) is 4.33. The van der Waals surface area contributed by atoms with Crippen molar-refractivity contribution in [2.24, 2.45) is 0 Å². The Bertz CT molecular complexity index is 1420. The molecular formula is C24H19N7O2. The number of aromatic nitrogens is 5. The third-order valence-corrected chi connectivity index (χ3v) is 4.97. The Labute approximate surface area is 189 Å². The molecule has 162 valence electrons. The number of methoxy groups -OCH3 is 1. The van der Waals surface area contributed by atoms with Crippen molar-refractivity contribution in [3.8, 4) is 28.4 Å². The van der Waals surface area contributed by atoms with Crippen LogP contribution in [0.25, 0.3) is 28.3 Å². The Balaban J connectivity index is 1.37. The van der Waals surface area contributed by atoms with Gasteiger partial charge in [-0.15, -0.1) is 10.2 Å². The highest BCUT2D eigenvalue weighted by atomic mass is 16.5. The molecular weight excluding hydrogens is 418 g/mol. The summed E-state index contributed by atoms with van der Waals surface area (Å²) in [4.78, 5) is 16.5. The summed E-state index contributed by atoms with van der Waals surface area (Å²) < 4.78 is 6.83. The van der Waals surface area contributed by atoms with Gasteiger partial charge in [0.1, 0.15) is 5.75 Å². The van der Waals surface area contributed by atoms with Crippen LogP contribution < -0.4 is 15.4 Å². The van der Waals surface area contributed by atoms with Crippen molar-refractivity contribution in [3.63, 3.8) is 0 Å². The lowest BCUT2D eigenvalue weighted by Crippen LogP contribution is -2.19. The molecule has 0 aliphatic rings. The minimum atomic E-state index is -0.348. The van der Waals surface area contributed by atoms with E-state index in [0.717, 1.165) is 22.6 Å². The first-order valence-corrected chi connectivity index (χ1v) is 10.1. The highest BCUT2D eigenvalue weighted by Crippen LogP contribution is 2.23. The van der Waals surface area contributed by atoms with Crippen molar-refractivity contribution in [1.29, 1.82) is 0 Å². The fourth-order valence-electron chi connectivity index (χ4n) is 3.35. The maximum absolute atomic E-state index is 12.4. The summed E-state index contributed by atoms with van der Waals surface area (Å²) in [6.07, 6.45) is 3.40. The van der Waals surface area contributed by atoms with E-state index in [9.17, 15) is 4.79 Å². The number of nitrogens with zero attached hydrogens (tertiary/aromatic N) is 5. The number of pyridine rings is 1. The highest BCUT2D eigenvalue weighted by Gasteiger charge is 2.11. The van der Waals surface area contributed by atoms with Crippen molar-refractivity contribution in [2.45, 2.75) is 0 Å².